The SMILES string of the molecule is CC1=C(c2ccc(C)c(C)c2)S(=O)(=O)N=C1N1CCC2(CC1)OCCO2. The van der Waals surface area contributed by atoms with Crippen LogP contribution in [0.1, 0.15) is 36.5 Å². The minimum atomic E-state index is -3.68. The maximum Gasteiger partial charge on any atom is 0.285 e. The van der Waals surface area contributed by atoms with Gasteiger partial charge in [0.15, 0.2) is 5.79 Å². The van der Waals surface area contributed by atoms with E-state index in [0.29, 0.717) is 42.6 Å². The van der Waals surface area contributed by atoms with Crippen LogP contribution < -0.4 is 0 Å². The highest BCUT2D eigenvalue weighted by Gasteiger charge is 2.42. The van der Waals surface area contributed by atoms with Crippen molar-refractivity contribution in [3.63, 3.8) is 0 Å². The molecule has 0 aromatic heterocycles. The van der Waals surface area contributed by atoms with E-state index < -0.39 is 15.8 Å². The molecule has 0 N–H and O–H groups in total. The van der Waals surface area contributed by atoms with Gasteiger partial charge in [-0.3, -0.25) is 0 Å². The van der Waals surface area contributed by atoms with Crippen LogP contribution in [0.4, 0.5) is 0 Å². The summed E-state index contributed by atoms with van der Waals surface area (Å²) in [6.45, 7) is 8.46. The van der Waals surface area contributed by atoms with Gasteiger partial charge in [0.25, 0.3) is 10.0 Å². The van der Waals surface area contributed by atoms with Gasteiger partial charge in [-0.2, -0.15) is 8.42 Å². The second-order valence-corrected chi connectivity index (χ2v) is 8.78. The number of rotatable bonds is 1. The Morgan fingerprint density at radius 1 is 1.04 bits per heavy atom. The van der Waals surface area contributed by atoms with Gasteiger partial charge in [0.1, 0.15) is 10.7 Å². The zero-order chi connectivity index (χ0) is 18.5. The third-order valence-electron chi connectivity index (χ3n) is 5.55. The summed E-state index contributed by atoms with van der Waals surface area (Å²) < 4.78 is 41.1. The predicted molar refractivity (Wildman–Crippen MR) is 100 cm³/mol. The summed E-state index contributed by atoms with van der Waals surface area (Å²) >= 11 is 0. The van der Waals surface area contributed by atoms with Crippen molar-refractivity contribution in [2.45, 2.75) is 39.4 Å². The molecule has 3 aliphatic heterocycles. The van der Waals surface area contributed by atoms with Crippen LogP contribution in [0.2, 0.25) is 0 Å². The quantitative estimate of drug-likeness (QED) is 0.754. The predicted octanol–water partition coefficient (Wildman–Crippen LogP) is 2.62. The van der Waals surface area contributed by atoms with Crippen LogP contribution in [0.3, 0.4) is 0 Å². The number of hydrogen-bond acceptors (Lipinski definition) is 5. The van der Waals surface area contributed by atoms with E-state index in [1.165, 1.54) is 0 Å². The van der Waals surface area contributed by atoms with Crippen molar-refractivity contribution >= 4 is 20.8 Å². The van der Waals surface area contributed by atoms with Crippen LogP contribution in [-0.2, 0) is 19.5 Å². The lowest BCUT2D eigenvalue weighted by Crippen LogP contribution is -2.47. The molecule has 2 fully saturated rings. The Morgan fingerprint density at radius 3 is 2.31 bits per heavy atom. The highest BCUT2D eigenvalue weighted by molar-refractivity contribution is 8.00. The molecule has 0 amide bonds. The fraction of sp³-hybridized carbons (Fsp3) is 0.526. The number of piperidine rings is 1. The highest BCUT2D eigenvalue weighted by Crippen LogP contribution is 2.37. The van der Waals surface area contributed by atoms with E-state index in [2.05, 4.69) is 4.40 Å². The third kappa shape index (κ3) is 2.88. The molecule has 0 radical (unpaired) electrons. The van der Waals surface area contributed by atoms with E-state index in [1.807, 2.05) is 43.9 Å². The molecule has 0 saturated carbocycles. The van der Waals surface area contributed by atoms with Crippen molar-refractivity contribution in [2.24, 2.45) is 4.40 Å². The molecule has 6 nitrogen and oxygen atoms in total. The van der Waals surface area contributed by atoms with Crippen LogP contribution in [0, 0.1) is 13.8 Å². The molecule has 0 bridgehead atoms. The summed E-state index contributed by atoms with van der Waals surface area (Å²) in [6, 6.07) is 5.75. The lowest BCUT2D eigenvalue weighted by Gasteiger charge is -2.38. The number of likely N-dealkylation sites (tertiary alicyclic amines) is 1. The van der Waals surface area contributed by atoms with E-state index >= 15 is 0 Å². The standard InChI is InChI=1S/C19H24N2O4S/c1-13-4-5-16(12-14(13)2)17-15(3)18(20-26(17,22)23)21-8-6-19(7-9-21)24-10-11-25-19/h4-5,12H,6-11H2,1-3H3. The summed E-state index contributed by atoms with van der Waals surface area (Å²) in [4.78, 5) is 2.36. The first kappa shape index (κ1) is 17.7. The Hall–Kier alpha value is -1.70. The molecule has 1 spiro atoms. The molecule has 0 aliphatic carbocycles. The van der Waals surface area contributed by atoms with Gasteiger partial charge in [-0.1, -0.05) is 18.2 Å². The Bertz CT molecular complexity index is 901. The molecule has 26 heavy (non-hydrogen) atoms. The molecule has 1 aromatic rings. The number of sulfonamides is 1. The fourth-order valence-electron chi connectivity index (χ4n) is 3.91. The summed E-state index contributed by atoms with van der Waals surface area (Å²) in [5.74, 6) is 0.0781. The van der Waals surface area contributed by atoms with Gasteiger partial charge in [0.2, 0.25) is 0 Å². The van der Waals surface area contributed by atoms with E-state index in [0.717, 1.165) is 29.5 Å². The molecule has 0 unspecified atom stereocenters. The molecule has 7 heteroatoms. The van der Waals surface area contributed by atoms with Crippen molar-refractivity contribution < 1.29 is 17.9 Å². The number of aryl methyl sites for hydroxylation is 2. The number of amidine groups is 1. The van der Waals surface area contributed by atoms with Crippen molar-refractivity contribution in [3.05, 3.63) is 40.5 Å². The van der Waals surface area contributed by atoms with Gasteiger partial charge in [-0.05, 0) is 37.5 Å². The molecule has 140 valence electrons. The molecule has 3 aliphatic rings. The molecule has 2 saturated heterocycles. The van der Waals surface area contributed by atoms with Crippen molar-refractivity contribution in [1.29, 1.82) is 0 Å². The zero-order valence-corrected chi connectivity index (χ0v) is 16.2. The van der Waals surface area contributed by atoms with Gasteiger partial charge in [-0.25, -0.2) is 0 Å². The first-order chi connectivity index (χ1) is 12.3. The Kier molecular flexibility index (Phi) is 4.21. The van der Waals surface area contributed by atoms with Gasteiger partial charge < -0.3 is 14.4 Å². The summed E-state index contributed by atoms with van der Waals surface area (Å²) in [7, 11) is -3.68. The van der Waals surface area contributed by atoms with Crippen LogP contribution in [0.15, 0.2) is 28.2 Å². The average molecular weight is 376 g/mol. The number of benzene rings is 1. The summed E-state index contributed by atoms with van der Waals surface area (Å²) in [5.41, 5.74) is 3.64. The van der Waals surface area contributed by atoms with E-state index in [1.54, 1.807) is 0 Å². The molecule has 3 heterocycles. The van der Waals surface area contributed by atoms with Gasteiger partial charge in [-0.15, -0.1) is 4.40 Å². The Morgan fingerprint density at radius 2 is 1.69 bits per heavy atom. The van der Waals surface area contributed by atoms with E-state index in [9.17, 15) is 8.42 Å². The first-order valence-corrected chi connectivity index (χ1v) is 10.4. The third-order valence-corrected chi connectivity index (χ3v) is 7.02. The first-order valence-electron chi connectivity index (χ1n) is 8.98. The molecule has 4 rings (SSSR count). The van der Waals surface area contributed by atoms with Gasteiger partial charge in [0.05, 0.1) is 13.2 Å². The summed E-state index contributed by atoms with van der Waals surface area (Å²) in [6.07, 6.45) is 1.44. The maximum absolute atomic E-state index is 12.8. The molecular weight excluding hydrogens is 352 g/mol. The largest absolute Gasteiger partial charge is 0.355 e. The van der Waals surface area contributed by atoms with Crippen LogP contribution >= 0.6 is 0 Å². The van der Waals surface area contributed by atoms with Crippen molar-refractivity contribution in [2.75, 3.05) is 26.3 Å². The second kappa shape index (κ2) is 6.18. The van der Waals surface area contributed by atoms with E-state index in [4.69, 9.17) is 9.47 Å². The smallest absolute Gasteiger partial charge is 0.285 e. The fourth-order valence-corrected chi connectivity index (χ4v) is 5.39. The molecule has 1 aromatic carbocycles. The summed E-state index contributed by atoms with van der Waals surface area (Å²) in [5, 5.41) is 0. The Labute approximate surface area is 154 Å². The Balaban J connectivity index is 1.63. The highest BCUT2D eigenvalue weighted by atomic mass is 32.2. The minimum Gasteiger partial charge on any atom is -0.355 e. The topological polar surface area (TPSA) is 68.2 Å². The van der Waals surface area contributed by atoms with Crippen molar-refractivity contribution in [3.8, 4) is 0 Å². The van der Waals surface area contributed by atoms with Crippen molar-refractivity contribution in [1.82, 2.24) is 4.90 Å². The van der Waals surface area contributed by atoms with E-state index in [-0.39, 0.29) is 0 Å². The zero-order valence-electron chi connectivity index (χ0n) is 15.4. The number of nitrogens with zero attached hydrogens (tertiary/aromatic N) is 2. The minimum absolute atomic E-state index is 0.323. The maximum atomic E-state index is 12.8. The van der Waals surface area contributed by atoms with Crippen LogP contribution in [-0.4, -0.2) is 51.2 Å². The molecule has 0 atom stereocenters. The number of ether oxygens (including phenoxy) is 2. The average Bonchev–Trinajstić information content (AvgIpc) is 3.14. The van der Waals surface area contributed by atoms with Gasteiger partial charge in [0, 0.05) is 31.5 Å². The second-order valence-electron chi connectivity index (χ2n) is 7.24. The monoisotopic (exact) mass is 376 g/mol. The lowest BCUT2D eigenvalue weighted by atomic mass is 10.0. The number of hydrogen-bond donors (Lipinski definition) is 0. The normalized spacial score (nSPS) is 24.4. The lowest BCUT2D eigenvalue weighted by molar-refractivity contribution is -0.180. The van der Waals surface area contributed by atoms with Crippen LogP contribution in [0.25, 0.3) is 4.91 Å². The van der Waals surface area contributed by atoms with Gasteiger partial charge >= 0.3 is 0 Å². The molecular formula is C19H24N2O4S. The van der Waals surface area contributed by atoms with Crippen LogP contribution in [0.5, 0.6) is 0 Å².